The number of rotatable bonds is 4. The molecule has 0 aromatic carbocycles. The Morgan fingerprint density at radius 3 is 2.86 bits per heavy atom. The summed E-state index contributed by atoms with van der Waals surface area (Å²) in [5.74, 6) is 6.36. The number of hydrogen-bond donors (Lipinski definition) is 1. The SMILES string of the molecule is CCC#Cc1ccc(-c2csc(NC(=O)c3cncn3-c3ccccn3)n2)nc1. The van der Waals surface area contributed by atoms with E-state index in [1.807, 2.05) is 36.6 Å². The summed E-state index contributed by atoms with van der Waals surface area (Å²) >= 11 is 1.33. The Hall–Kier alpha value is -3.83. The van der Waals surface area contributed by atoms with Gasteiger partial charge in [-0.25, -0.2) is 15.0 Å². The van der Waals surface area contributed by atoms with Crippen LogP contribution in [-0.4, -0.2) is 30.4 Å². The summed E-state index contributed by atoms with van der Waals surface area (Å²) in [6.07, 6.45) is 7.24. The zero-order valence-corrected chi connectivity index (χ0v) is 16.3. The predicted molar refractivity (Wildman–Crippen MR) is 112 cm³/mol. The molecule has 4 aromatic heterocycles. The number of nitrogens with zero attached hydrogens (tertiary/aromatic N) is 5. The number of amides is 1. The lowest BCUT2D eigenvalue weighted by atomic mass is 10.2. The maximum absolute atomic E-state index is 12.7. The van der Waals surface area contributed by atoms with Crippen LogP contribution in [0.3, 0.4) is 0 Å². The van der Waals surface area contributed by atoms with Gasteiger partial charge in [-0.05, 0) is 24.3 Å². The Morgan fingerprint density at radius 1 is 1.17 bits per heavy atom. The molecule has 4 heterocycles. The van der Waals surface area contributed by atoms with Gasteiger partial charge in [-0.3, -0.25) is 19.7 Å². The van der Waals surface area contributed by atoms with Crippen LogP contribution in [0.2, 0.25) is 0 Å². The van der Waals surface area contributed by atoms with Gasteiger partial charge in [-0.1, -0.05) is 24.8 Å². The molecule has 0 saturated carbocycles. The summed E-state index contributed by atoms with van der Waals surface area (Å²) in [5.41, 5.74) is 2.65. The molecule has 4 aromatic rings. The Kier molecular flexibility index (Phi) is 5.40. The van der Waals surface area contributed by atoms with Gasteiger partial charge < -0.3 is 0 Å². The summed E-state index contributed by atoms with van der Waals surface area (Å²) in [6, 6.07) is 9.25. The molecule has 0 aliphatic heterocycles. The van der Waals surface area contributed by atoms with E-state index in [4.69, 9.17) is 0 Å². The van der Waals surface area contributed by atoms with Crippen LogP contribution in [0, 0.1) is 11.8 Å². The lowest BCUT2D eigenvalue weighted by molar-refractivity contribution is 0.102. The third-order valence-corrected chi connectivity index (χ3v) is 4.69. The second-order valence-electron chi connectivity index (χ2n) is 5.92. The molecule has 142 valence electrons. The Balaban J connectivity index is 1.50. The Labute approximate surface area is 171 Å². The second-order valence-corrected chi connectivity index (χ2v) is 6.77. The normalized spacial score (nSPS) is 10.2. The summed E-state index contributed by atoms with van der Waals surface area (Å²) in [5, 5.41) is 5.15. The number of nitrogens with one attached hydrogen (secondary N) is 1. The molecule has 0 atom stereocenters. The standard InChI is InChI=1S/C21H16N6OS/c1-2-3-6-15-8-9-16(24-11-15)17-13-29-21(25-17)26-20(28)18-12-22-14-27(18)19-7-4-5-10-23-19/h4-5,7-14H,2H2,1H3,(H,25,26,28). The molecule has 8 heteroatoms. The van der Waals surface area contributed by atoms with Crippen LogP contribution in [0.15, 0.2) is 60.6 Å². The molecule has 0 fully saturated rings. The maximum atomic E-state index is 12.7. The fraction of sp³-hybridized carbons (Fsp3) is 0.0952. The molecule has 0 aliphatic rings. The lowest BCUT2D eigenvalue weighted by Gasteiger charge is -2.06. The first-order valence-electron chi connectivity index (χ1n) is 8.90. The van der Waals surface area contributed by atoms with Crippen LogP contribution in [0.5, 0.6) is 0 Å². The van der Waals surface area contributed by atoms with Crippen molar-refractivity contribution in [3.8, 4) is 29.0 Å². The molecule has 0 bridgehead atoms. The van der Waals surface area contributed by atoms with Gasteiger partial charge in [-0.15, -0.1) is 11.3 Å². The summed E-state index contributed by atoms with van der Waals surface area (Å²) in [6.45, 7) is 2.00. The number of pyridine rings is 2. The van der Waals surface area contributed by atoms with Gasteiger partial charge in [0.15, 0.2) is 5.13 Å². The Bertz CT molecular complexity index is 1190. The fourth-order valence-electron chi connectivity index (χ4n) is 2.56. The van der Waals surface area contributed by atoms with E-state index in [1.165, 1.54) is 17.5 Å². The van der Waals surface area contributed by atoms with Crippen LogP contribution in [-0.2, 0) is 0 Å². The largest absolute Gasteiger partial charge is 0.296 e. The van der Waals surface area contributed by atoms with E-state index in [9.17, 15) is 4.79 Å². The molecule has 1 amide bonds. The van der Waals surface area contributed by atoms with E-state index in [-0.39, 0.29) is 5.91 Å². The molecule has 0 unspecified atom stereocenters. The summed E-state index contributed by atoms with van der Waals surface area (Å²) in [4.78, 5) is 29.9. The molecule has 0 spiro atoms. The minimum absolute atomic E-state index is 0.313. The van der Waals surface area contributed by atoms with Crippen molar-refractivity contribution in [3.63, 3.8) is 0 Å². The summed E-state index contributed by atoms with van der Waals surface area (Å²) in [7, 11) is 0. The van der Waals surface area contributed by atoms with Crippen molar-refractivity contribution < 1.29 is 4.79 Å². The monoisotopic (exact) mass is 400 g/mol. The van der Waals surface area contributed by atoms with Crippen molar-refractivity contribution in [2.75, 3.05) is 5.32 Å². The molecule has 0 aliphatic carbocycles. The van der Waals surface area contributed by atoms with Crippen molar-refractivity contribution in [1.82, 2.24) is 24.5 Å². The zero-order valence-electron chi connectivity index (χ0n) is 15.5. The minimum atomic E-state index is -0.313. The molecule has 0 radical (unpaired) electrons. The third-order valence-electron chi connectivity index (χ3n) is 3.93. The molecule has 7 nitrogen and oxygen atoms in total. The maximum Gasteiger partial charge on any atom is 0.276 e. The average molecular weight is 400 g/mol. The number of carbonyl (C=O) groups excluding carboxylic acids is 1. The van der Waals surface area contributed by atoms with Gasteiger partial charge in [0.1, 0.15) is 23.5 Å². The number of anilines is 1. The first-order chi connectivity index (χ1) is 14.2. The van der Waals surface area contributed by atoms with E-state index < -0.39 is 0 Å². The molecule has 0 saturated heterocycles. The highest BCUT2D eigenvalue weighted by molar-refractivity contribution is 7.14. The second kappa shape index (κ2) is 8.46. The molecular formula is C21H16N6OS. The van der Waals surface area contributed by atoms with Crippen molar-refractivity contribution in [2.45, 2.75) is 13.3 Å². The topological polar surface area (TPSA) is 85.6 Å². The van der Waals surface area contributed by atoms with Gasteiger partial charge in [0.25, 0.3) is 5.91 Å². The van der Waals surface area contributed by atoms with E-state index >= 15 is 0 Å². The smallest absolute Gasteiger partial charge is 0.276 e. The van der Waals surface area contributed by atoms with Crippen LogP contribution >= 0.6 is 11.3 Å². The van der Waals surface area contributed by atoms with Gasteiger partial charge in [0.2, 0.25) is 0 Å². The van der Waals surface area contributed by atoms with Crippen molar-refractivity contribution in [1.29, 1.82) is 0 Å². The van der Waals surface area contributed by atoms with E-state index in [0.29, 0.717) is 22.3 Å². The highest BCUT2D eigenvalue weighted by atomic mass is 32.1. The number of carbonyl (C=O) groups is 1. The number of aromatic nitrogens is 5. The van der Waals surface area contributed by atoms with Gasteiger partial charge in [-0.2, -0.15) is 0 Å². The first kappa shape index (κ1) is 18.5. The number of imidazole rings is 1. The van der Waals surface area contributed by atoms with Crippen molar-refractivity contribution >= 4 is 22.4 Å². The van der Waals surface area contributed by atoms with Gasteiger partial charge in [0, 0.05) is 29.8 Å². The summed E-state index contributed by atoms with van der Waals surface area (Å²) < 4.78 is 1.63. The highest BCUT2D eigenvalue weighted by Gasteiger charge is 2.16. The lowest BCUT2D eigenvalue weighted by Crippen LogP contribution is -2.16. The van der Waals surface area contributed by atoms with Crippen LogP contribution in [0.1, 0.15) is 29.4 Å². The van der Waals surface area contributed by atoms with E-state index in [0.717, 1.165) is 17.7 Å². The first-order valence-corrected chi connectivity index (χ1v) is 9.78. The number of thiazole rings is 1. The minimum Gasteiger partial charge on any atom is -0.296 e. The average Bonchev–Trinajstić information content (AvgIpc) is 3.43. The van der Waals surface area contributed by atoms with E-state index in [2.05, 4.69) is 37.1 Å². The predicted octanol–water partition coefficient (Wildman–Crippen LogP) is 3.80. The van der Waals surface area contributed by atoms with Gasteiger partial charge in [0.05, 0.1) is 11.9 Å². The molecule has 29 heavy (non-hydrogen) atoms. The Morgan fingerprint density at radius 2 is 2.10 bits per heavy atom. The molecule has 4 rings (SSSR count). The highest BCUT2D eigenvalue weighted by Crippen LogP contribution is 2.24. The van der Waals surface area contributed by atoms with Crippen molar-refractivity contribution in [2.24, 2.45) is 0 Å². The van der Waals surface area contributed by atoms with Crippen LogP contribution < -0.4 is 5.32 Å². The van der Waals surface area contributed by atoms with Gasteiger partial charge >= 0.3 is 0 Å². The third kappa shape index (κ3) is 4.20. The van der Waals surface area contributed by atoms with E-state index in [1.54, 1.807) is 29.4 Å². The zero-order chi connectivity index (χ0) is 20.1. The molecule has 1 N–H and O–H groups in total. The fourth-order valence-corrected chi connectivity index (χ4v) is 3.26. The van der Waals surface area contributed by atoms with Crippen molar-refractivity contribution in [3.05, 3.63) is 71.9 Å². The van der Waals surface area contributed by atoms with Crippen LogP contribution in [0.25, 0.3) is 17.2 Å². The molecular weight excluding hydrogens is 384 g/mol. The number of hydrogen-bond acceptors (Lipinski definition) is 6. The van der Waals surface area contributed by atoms with Crippen LogP contribution in [0.4, 0.5) is 5.13 Å². The quantitative estimate of drug-likeness (QED) is 0.527.